The van der Waals surface area contributed by atoms with Crippen LogP contribution in [0.5, 0.6) is 0 Å². The number of rotatable bonds is 0. The van der Waals surface area contributed by atoms with Crippen LogP contribution in [-0.2, 0) is 0 Å². The van der Waals surface area contributed by atoms with Crippen molar-refractivity contribution in [1.82, 2.24) is 5.32 Å². The fraction of sp³-hybridized carbons (Fsp3) is 0.833. The molecule has 1 heterocycles. The molecule has 1 unspecified atom stereocenters. The molecule has 0 amide bonds. The van der Waals surface area contributed by atoms with Crippen LogP contribution in [0.3, 0.4) is 0 Å². The Bertz CT molecular complexity index is 102. The maximum absolute atomic E-state index is 8.40. The van der Waals surface area contributed by atoms with Crippen molar-refractivity contribution in [3.63, 3.8) is 0 Å². The summed E-state index contributed by atoms with van der Waals surface area (Å²) in [4.78, 5) is 0. The molecule has 1 aliphatic heterocycles. The summed E-state index contributed by atoms with van der Waals surface area (Å²) in [7, 11) is 0. The highest BCUT2D eigenvalue weighted by atomic mass is 14.9. The van der Waals surface area contributed by atoms with Gasteiger partial charge in [-0.25, -0.2) is 0 Å². The summed E-state index contributed by atoms with van der Waals surface area (Å²) in [6.07, 6.45) is 2.25. The zero-order valence-corrected chi connectivity index (χ0v) is 4.85. The van der Waals surface area contributed by atoms with Crippen LogP contribution >= 0.6 is 0 Å². The van der Waals surface area contributed by atoms with Crippen molar-refractivity contribution in [2.45, 2.75) is 12.8 Å². The molecule has 0 saturated carbocycles. The van der Waals surface area contributed by atoms with Crippen molar-refractivity contribution in [2.24, 2.45) is 5.92 Å². The van der Waals surface area contributed by atoms with E-state index in [1.54, 1.807) is 0 Å². The number of hydrogen-bond acceptors (Lipinski definition) is 2. The predicted octanol–water partition coefficient (Wildman–Crippen LogP) is 0.622. The standard InChI is InChI=1S/C6H10N2/c7-4-6-2-1-3-8-5-6/h6,8H,1-3,5H2/p+1. The van der Waals surface area contributed by atoms with Gasteiger partial charge in [0.15, 0.2) is 0 Å². The van der Waals surface area contributed by atoms with E-state index < -0.39 is 0 Å². The summed E-state index contributed by atoms with van der Waals surface area (Å²) in [5.74, 6) is 0.281. The summed E-state index contributed by atoms with van der Waals surface area (Å²) in [5.41, 5.74) is 0. The van der Waals surface area contributed by atoms with Crippen molar-refractivity contribution < 1.29 is 1.43 Å². The van der Waals surface area contributed by atoms with Crippen molar-refractivity contribution in [1.29, 1.82) is 5.26 Å². The van der Waals surface area contributed by atoms with Crippen LogP contribution < -0.4 is 5.32 Å². The van der Waals surface area contributed by atoms with E-state index in [2.05, 4.69) is 11.4 Å². The van der Waals surface area contributed by atoms with E-state index in [0.717, 1.165) is 25.9 Å². The molecule has 1 rings (SSSR count). The molecular formula is C6H11N2+. The van der Waals surface area contributed by atoms with Gasteiger partial charge in [0.05, 0.1) is 12.0 Å². The van der Waals surface area contributed by atoms with Gasteiger partial charge in [0.1, 0.15) is 0 Å². The highest BCUT2D eigenvalue weighted by Gasteiger charge is 2.09. The molecule has 1 N–H and O–H groups in total. The minimum absolute atomic E-state index is 0. The quantitative estimate of drug-likeness (QED) is 0.497. The zero-order valence-electron chi connectivity index (χ0n) is 5.85. The van der Waals surface area contributed by atoms with Crippen molar-refractivity contribution in [3.05, 3.63) is 0 Å². The van der Waals surface area contributed by atoms with Gasteiger partial charge in [-0.2, -0.15) is 5.26 Å². The van der Waals surface area contributed by atoms with E-state index in [1.807, 2.05) is 0 Å². The Balaban J connectivity index is 0.000000640. The van der Waals surface area contributed by atoms with Crippen LogP contribution in [0.2, 0.25) is 0 Å². The second-order valence-electron chi connectivity index (χ2n) is 2.17. The number of nitrogens with one attached hydrogen (secondary N) is 1. The highest BCUT2D eigenvalue weighted by molar-refractivity contribution is 4.86. The topological polar surface area (TPSA) is 35.8 Å². The molecule has 0 spiro atoms. The molecule has 0 bridgehead atoms. The van der Waals surface area contributed by atoms with E-state index in [1.165, 1.54) is 0 Å². The molecule has 1 atom stereocenters. The van der Waals surface area contributed by atoms with E-state index in [9.17, 15) is 0 Å². The minimum Gasteiger partial charge on any atom is -0.315 e. The fourth-order valence-corrected chi connectivity index (χ4v) is 0.962. The van der Waals surface area contributed by atoms with E-state index in [-0.39, 0.29) is 7.34 Å². The third kappa shape index (κ3) is 1.21. The van der Waals surface area contributed by atoms with Crippen molar-refractivity contribution >= 4 is 0 Å². The van der Waals surface area contributed by atoms with Gasteiger partial charge in [0, 0.05) is 6.54 Å². The van der Waals surface area contributed by atoms with Crippen LogP contribution in [0.25, 0.3) is 0 Å². The minimum atomic E-state index is 0. The first-order chi connectivity index (χ1) is 3.93. The highest BCUT2D eigenvalue weighted by Crippen LogP contribution is 2.06. The number of nitrogens with zero attached hydrogens (tertiary/aromatic N) is 1. The second-order valence-corrected chi connectivity index (χ2v) is 2.17. The van der Waals surface area contributed by atoms with Gasteiger partial charge in [0.25, 0.3) is 0 Å². The lowest BCUT2D eigenvalue weighted by Gasteiger charge is -2.15. The first-order valence-corrected chi connectivity index (χ1v) is 3.04. The Morgan fingerprint density at radius 1 is 1.75 bits per heavy atom. The van der Waals surface area contributed by atoms with Gasteiger partial charge < -0.3 is 5.32 Å². The summed E-state index contributed by atoms with van der Waals surface area (Å²) in [5, 5.41) is 11.6. The number of piperidine rings is 1. The average Bonchev–Trinajstić information content (AvgIpc) is 1.90. The lowest BCUT2D eigenvalue weighted by atomic mass is 10.0. The van der Waals surface area contributed by atoms with Crippen LogP contribution in [0.1, 0.15) is 14.3 Å². The molecule has 0 radical (unpaired) electrons. The summed E-state index contributed by atoms with van der Waals surface area (Å²) < 4.78 is 0. The molecule has 1 fully saturated rings. The van der Waals surface area contributed by atoms with Crippen molar-refractivity contribution in [2.75, 3.05) is 13.1 Å². The molecule has 0 aromatic heterocycles. The molecule has 0 aliphatic carbocycles. The second kappa shape index (κ2) is 2.68. The molecule has 0 aromatic rings. The van der Waals surface area contributed by atoms with Gasteiger partial charge >= 0.3 is 1.43 Å². The molecule has 1 saturated heterocycles. The smallest absolute Gasteiger partial charge is 0.315 e. The SMILES string of the molecule is N#CC1CCCNC1.[H+]. The monoisotopic (exact) mass is 111 g/mol. The predicted molar refractivity (Wildman–Crippen MR) is 32.3 cm³/mol. The van der Waals surface area contributed by atoms with E-state index in [0.29, 0.717) is 0 Å². The molecule has 1 aliphatic rings. The third-order valence-electron chi connectivity index (χ3n) is 1.48. The Morgan fingerprint density at radius 3 is 3.00 bits per heavy atom. The summed E-state index contributed by atoms with van der Waals surface area (Å²) in [6, 6.07) is 2.24. The largest absolute Gasteiger partial charge is 1.00 e. The van der Waals surface area contributed by atoms with Gasteiger partial charge in [0.2, 0.25) is 0 Å². The van der Waals surface area contributed by atoms with E-state index in [4.69, 9.17) is 5.26 Å². The first-order valence-electron chi connectivity index (χ1n) is 3.04. The van der Waals surface area contributed by atoms with Crippen molar-refractivity contribution in [3.8, 4) is 6.07 Å². The zero-order chi connectivity index (χ0) is 5.82. The van der Waals surface area contributed by atoms with Crippen LogP contribution in [0.4, 0.5) is 0 Å². The number of hydrogen-bond donors (Lipinski definition) is 1. The van der Waals surface area contributed by atoms with Gasteiger partial charge in [-0.15, -0.1) is 0 Å². The Hall–Kier alpha value is -0.550. The molecule has 2 heteroatoms. The van der Waals surface area contributed by atoms with Gasteiger partial charge in [-0.1, -0.05) is 0 Å². The van der Waals surface area contributed by atoms with E-state index >= 15 is 0 Å². The normalized spacial score (nSPS) is 29.1. The molecule has 2 nitrogen and oxygen atoms in total. The molecule has 8 heavy (non-hydrogen) atoms. The lowest BCUT2D eigenvalue weighted by molar-refractivity contribution is 0.446. The lowest BCUT2D eigenvalue weighted by Crippen LogP contribution is -2.28. The molecular weight excluding hydrogens is 100 g/mol. The average molecular weight is 111 g/mol. The maximum Gasteiger partial charge on any atom is 1.00 e. The van der Waals surface area contributed by atoms with Crippen LogP contribution in [0, 0.1) is 17.2 Å². The van der Waals surface area contributed by atoms with Gasteiger partial charge in [-0.05, 0) is 19.4 Å². The van der Waals surface area contributed by atoms with Gasteiger partial charge in [-0.3, -0.25) is 0 Å². The number of nitriles is 1. The fourth-order valence-electron chi connectivity index (χ4n) is 0.962. The van der Waals surface area contributed by atoms with Crippen LogP contribution in [-0.4, -0.2) is 13.1 Å². The maximum atomic E-state index is 8.40. The van der Waals surface area contributed by atoms with Crippen LogP contribution in [0.15, 0.2) is 0 Å². The Kier molecular flexibility index (Phi) is 1.87. The summed E-state index contributed by atoms with van der Waals surface area (Å²) >= 11 is 0. The third-order valence-corrected chi connectivity index (χ3v) is 1.48. The molecule has 44 valence electrons. The Morgan fingerprint density at radius 2 is 2.62 bits per heavy atom. The molecule has 0 aromatic carbocycles. The Labute approximate surface area is 51.0 Å². The first kappa shape index (κ1) is 5.58. The summed E-state index contributed by atoms with van der Waals surface area (Å²) in [6.45, 7) is 1.99.